The van der Waals surface area contributed by atoms with Crippen LogP contribution in [0.3, 0.4) is 0 Å². The van der Waals surface area contributed by atoms with E-state index in [2.05, 4.69) is 17.0 Å². The standard InChI is InChI=1S/C30H33N3O4S/c1-21(19-22-9-3-2-4-10-22)31-20-23-11-5-8-14-28(23)32-38(36,37)25-17-15-24(16-18-25)33-29(34)26-12-6-7-13-27(26)30(33)35/h5-8,11-18,21-22,31-32H,2-4,9-10,19-20H2,1H3/t21-/m0/s1. The molecule has 1 fully saturated rings. The highest BCUT2D eigenvalue weighted by Crippen LogP contribution is 2.30. The molecule has 7 nitrogen and oxygen atoms in total. The lowest BCUT2D eigenvalue weighted by Crippen LogP contribution is -2.29. The molecule has 2 amide bonds. The molecule has 0 aromatic heterocycles. The summed E-state index contributed by atoms with van der Waals surface area (Å²) < 4.78 is 29.1. The molecule has 0 radical (unpaired) electrons. The van der Waals surface area contributed by atoms with Gasteiger partial charge in [-0.1, -0.05) is 62.4 Å². The first-order valence-electron chi connectivity index (χ1n) is 13.3. The van der Waals surface area contributed by atoms with Crippen molar-refractivity contribution in [2.75, 3.05) is 9.62 Å². The SMILES string of the molecule is C[C@@H](CC1CCCCC1)NCc1ccccc1NS(=O)(=O)c1ccc(N2C(=O)c3ccccc3C2=O)cc1. The number of nitrogens with one attached hydrogen (secondary N) is 2. The molecule has 1 heterocycles. The van der Waals surface area contributed by atoms with Crippen molar-refractivity contribution in [3.05, 3.63) is 89.5 Å². The molecule has 1 aliphatic carbocycles. The minimum atomic E-state index is -3.88. The molecule has 198 valence electrons. The highest BCUT2D eigenvalue weighted by molar-refractivity contribution is 7.92. The summed E-state index contributed by atoms with van der Waals surface area (Å²) in [5.74, 6) is -0.0692. The number of hydrogen-bond acceptors (Lipinski definition) is 5. The number of nitrogens with zero attached hydrogens (tertiary/aromatic N) is 1. The van der Waals surface area contributed by atoms with Crippen LogP contribution in [0.25, 0.3) is 0 Å². The number of carbonyl (C=O) groups excluding carboxylic acids is 2. The molecule has 8 heteroatoms. The Kier molecular flexibility index (Phi) is 7.63. The van der Waals surface area contributed by atoms with E-state index in [4.69, 9.17) is 0 Å². The Morgan fingerprint density at radius 2 is 1.45 bits per heavy atom. The molecule has 3 aromatic rings. The van der Waals surface area contributed by atoms with E-state index in [1.807, 2.05) is 12.1 Å². The van der Waals surface area contributed by atoms with E-state index < -0.39 is 21.8 Å². The number of hydrogen-bond donors (Lipinski definition) is 2. The van der Waals surface area contributed by atoms with E-state index in [0.717, 1.165) is 22.8 Å². The smallest absolute Gasteiger partial charge is 0.266 e. The van der Waals surface area contributed by atoms with Gasteiger partial charge in [-0.25, -0.2) is 13.3 Å². The molecular weight excluding hydrogens is 498 g/mol. The second kappa shape index (κ2) is 11.1. The number of carbonyl (C=O) groups is 2. The fraction of sp³-hybridized carbons (Fsp3) is 0.333. The molecule has 38 heavy (non-hydrogen) atoms. The summed E-state index contributed by atoms with van der Waals surface area (Å²) >= 11 is 0. The van der Waals surface area contributed by atoms with Gasteiger partial charge in [-0.3, -0.25) is 14.3 Å². The van der Waals surface area contributed by atoms with E-state index in [1.165, 1.54) is 56.4 Å². The number of para-hydroxylation sites is 1. The third-order valence-electron chi connectivity index (χ3n) is 7.51. The first-order valence-corrected chi connectivity index (χ1v) is 14.7. The van der Waals surface area contributed by atoms with Crippen molar-refractivity contribution in [2.45, 2.75) is 62.9 Å². The number of amides is 2. The van der Waals surface area contributed by atoms with Crippen molar-refractivity contribution in [1.29, 1.82) is 0 Å². The lowest BCUT2D eigenvalue weighted by Gasteiger charge is -2.25. The molecule has 0 saturated heterocycles. The van der Waals surface area contributed by atoms with E-state index in [9.17, 15) is 18.0 Å². The highest BCUT2D eigenvalue weighted by Gasteiger charge is 2.36. The second-order valence-corrected chi connectivity index (χ2v) is 12.0. The van der Waals surface area contributed by atoms with Crippen LogP contribution in [0.1, 0.15) is 71.7 Å². The van der Waals surface area contributed by atoms with Crippen LogP contribution in [0.5, 0.6) is 0 Å². The number of sulfonamides is 1. The molecular formula is C30H33N3O4S. The van der Waals surface area contributed by atoms with Crippen LogP contribution < -0.4 is 14.9 Å². The molecule has 1 saturated carbocycles. The largest absolute Gasteiger partial charge is 0.310 e. The van der Waals surface area contributed by atoms with Gasteiger partial charge in [-0.15, -0.1) is 0 Å². The third-order valence-corrected chi connectivity index (χ3v) is 8.89. The van der Waals surface area contributed by atoms with Crippen LogP contribution in [0.4, 0.5) is 11.4 Å². The summed E-state index contributed by atoms with van der Waals surface area (Å²) in [5.41, 5.74) is 2.40. The van der Waals surface area contributed by atoms with Crippen molar-refractivity contribution in [2.24, 2.45) is 5.92 Å². The van der Waals surface area contributed by atoms with Crippen molar-refractivity contribution in [3.63, 3.8) is 0 Å². The van der Waals surface area contributed by atoms with Gasteiger partial charge in [0, 0.05) is 12.6 Å². The predicted molar refractivity (Wildman–Crippen MR) is 149 cm³/mol. The maximum atomic E-state index is 13.2. The van der Waals surface area contributed by atoms with Gasteiger partial charge >= 0.3 is 0 Å². The lowest BCUT2D eigenvalue weighted by atomic mass is 9.85. The van der Waals surface area contributed by atoms with Crippen molar-refractivity contribution < 1.29 is 18.0 Å². The van der Waals surface area contributed by atoms with Gasteiger partial charge in [0.05, 0.1) is 27.4 Å². The van der Waals surface area contributed by atoms with Gasteiger partial charge in [-0.05, 0) is 67.3 Å². The Hall–Kier alpha value is -3.49. The normalized spacial score (nSPS) is 16.9. The lowest BCUT2D eigenvalue weighted by molar-refractivity contribution is 0.0926. The summed E-state index contributed by atoms with van der Waals surface area (Å²) in [7, 11) is -3.88. The minimum Gasteiger partial charge on any atom is -0.310 e. The van der Waals surface area contributed by atoms with Gasteiger partial charge in [0.2, 0.25) is 0 Å². The van der Waals surface area contributed by atoms with E-state index in [1.54, 1.807) is 36.4 Å². The maximum Gasteiger partial charge on any atom is 0.266 e. The molecule has 2 N–H and O–H groups in total. The van der Waals surface area contributed by atoms with Gasteiger partial charge in [0.1, 0.15) is 0 Å². The molecule has 1 aliphatic heterocycles. The Morgan fingerprint density at radius 3 is 2.11 bits per heavy atom. The number of rotatable bonds is 9. The second-order valence-electron chi connectivity index (χ2n) is 10.3. The summed E-state index contributed by atoms with van der Waals surface area (Å²) in [4.78, 5) is 26.6. The number of anilines is 2. The van der Waals surface area contributed by atoms with E-state index in [0.29, 0.717) is 35.1 Å². The van der Waals surface area contributed by atoms with Crippen LogP contribution in [-0.2, 0) is 16.6 Å². The van der Waals surface area contributed by atoms with Crippen LogP contribution in [-0.4, -0.2) is 26.3 Å². The van der Waals surface area contributed by atoms with Gasteiger partial charge in [0.15, 0.2) is 0 Å². The van der Waals surface area contributed by atoms with Gasteiger partial charge < -0.3 is 5.32 Å². The van der Waals surface area contributed by atoms with E-state index >= 15 is 0 Å². The van der Waals surface area contributed by atoms with Crippen LogP contribution >= 0.6 is 0 Å². The molecule has 0 unspecified atom stereocenters. The first-order chi connectivity index (χ1) is 18.3. The van der Waals surface area contributed by atoms with Crippen LogP contribution in [0.2, 0.25) is 0 Å². The highest BCUT2D eigenvalue weighted by atomic mass is 32.2. The summed E-state index contributed by atoms with van der Waals surface area (Å²) in [5, 5.41) is 3.56. The van der Waals surface area contributed by atoms with Gasteiger partial charge in [-0.2, -0.15) is 0 Å². The van der Waals surface area contributed by atoms with Gasteiger partial charge in [0.25, 0.3) is 21.8 Å². The van der Waals surface area contributed by atoms with Crippen molar-refractivity contribution >= 4 is 33.2 Å². The Labute approximate surface area is 224 Å². The zero-order chi connectivity index (χ0) is 26.7. The molecule has 1 atom stereocenters. The number of benzene rings is 3. The van der Waals surface area contributed by atoms with E-state index in [-0.39, 0.29) is 4.90 Å². The average Bonchev–Trinajstić information content (AvgIpc) is 3.18. The zero-order valence-electron chi connectivity index (χ0n) is 21.5. The Balaban J connectivity index is 1.26. The monoisotopic (exact) mass is 531 g/mol. The minimum absolute atomic E-state index is 0.0475. The molecule has 5 rings (SSSR count). The quantitative estimate of drug-likeness (QED) is 0.344. The zero-order valence-corrected chi connectivity index (χ0v) is 22.3. The first kappa shape index (κ1) is 26.1. The Morgan fingerprint density at radius 1 is 0.842 bits per heavy atom. The third kappa shape index (κ3) is 5.51. The summed E-state index contributed by atoms with van der Waals surface area (Å²) in [6, 6.07) is 20.2. The summed E-state index contributed by atoms with van der Waals surface area (Å²) in [6.45, 7) is 2.75. The molecule has 3 aromatic carbocycles. The molecule has 0 spiro atoms. The van der Waals surface area contributed by atoms with Crippen molar-refractivity contribution in [1.82, 2.24) is 5.32 Å². The Bertz CT molecular complexity index is 1390. The maximum absolute atomic E-state index is 13.2. The number of fused-ring (bicyclic) bond motifs is 1. The predicted octanol–water partition coefficient (Wildman–Crippen LogP) is 5.74. The average molecular weight is 532 g/mol. The molecule has 2 aliphatic rings. The topological polar surface area (TPSA) is 95.6 Å². The van der Waals surface area contributed by atoms with Crippen molar-refractivity contribution in [3.8, 4) is 0 Å². The van der Waals surface area contributed by atoms with Crippen LogP contribution in [0.15, 0.2) is 77.7 Å². The fourth-order valence-electron chi connectivity index (χ4n) is 5.47. The summed E-state index contributed by atoms with van der Waals surface area (Å²) in [6.07, 6.45) is 7.72. The van der Waals surface area contributed by atoms with Crippen LogP contribution in [0, 0.1) is 5.92 Å². The fourth-order valence-corrected chi connectivity index (χ4v) is 6.57. The number of imide groups is 1. The molecule has 0 bridgehead atoms.